The molecule has 0 fully saturated rings. The molecule has 0 spiro atoms. The molecule has 4 rings (SSSR count). The maximum Gasteiger partial charge on any atom is 0.231 e. The lowest BCUT2D eigenvalue weighted by molar-refractivity contribution is 0.174. The molecular weight excluding hydrogens is 328 g/mol. The lowest BCUT2D eigenvalue weighted by Crippen LogP contribution is -2.01. The number of ether oxygens (including phenoxy) is 2. The topological polar surface area (TPSA) is 68.3 Å². The Morgan fingerprint density at radius 3 is 2.23 bits per heavy atom. The minimum atomic E-state index is 0.257. The zero-order valence-corrected chi connectivity index (χ0v) is 15.0. The molecule has 2 heterocycles. The Balaban J connectivity index is 1.49. The van der Waals surface area contributed by atoms with E-state index in [0.29, 0.717) is 5.95 Å². The number of hydrogen-bond acceptors (Lipinski definition) is 6. The summed E-state index contributed by atoms with van der Waals surface area (Å²) in [5.41, 5.74) is 6.44. The smallest absolute Gasteiger partial charge is 0.231 e. The van der Waals surface area contributed by atoms with Crippen molar-refractivity contribution in [3.8, 4) is 11.5 Å². The molecule has 0 amide bonds. The Hall–Kier alpha value is -3.28. The van der Waals surface area contributed by atoms with Crippen LogP contribution in [-0.2, 0) is 0 Å². The van der Waals surface area contributed by atoms with Gasteiger partial charge in [-0.2, -0.15) is 0 Å². The maximum absolute atomic E-state index is 5.38. The van der Waals surface area contributed by atoms with E-state index in [1.54, 1.807) is 12.4 Å². The molecule has 0 atom stereocenters. The molecule has 2 aromatic carbocycles. The minimum absolute atomic E-state index is 0.257. The van der Waals surface area contributed by atoms with Gasteiger partial charge in [0.2, 0.25) is 12.7 Å². The Labute approximate surface area is 152 Å². The van der Waals surface area contributed by atoms with Gasteiger partial charge >= 0.3 is 0 Å². The standard InChI is InChI=1S/C20H20N4O2/c1-12-6-13(2)19(14(3)7-12)23-16-9-21-20(22-10-16)24-15-4-5-17-18(8-15)26-11-25-17/h4-10,23H,11H2,1-3H3,(H,21,22,24). The summed E-state index contributed by atoms with van der Waals surface area (Å²) in [6.45, 7) is 6.55. The van der Waals surface area contributed by atoms with Gasteiger partial charge in [-0.1, -0.05) is 17.7 Å². The summed E-state index contributed by atoms with van der Waals surface area (Å²) in [6.07, 6.45) is 3.53. The van der Waals surface area contributed by atoms with Crippen molar-refractivity contribution in [1.29, 1.82) is 0 Å². The van der Waals surface area contributed by atoms with Crippen LogP contribution in [0.15, 0.2) is 42.7 Å². The number of rotatable bonds is 4. The summed E-state index contributed by atoms with van der Waals surface area (Å²) >= 11 is 0. The summed E-state index contributed by atoms with van der Waals surface area (Å²) in [6, 6.07) is 9.96. The first-order chi connectivity index (χ1) is 12.6. The van der Waals surface area contributed by atoms with Gasteiger partial charge in [-0.25, -0.2) is 9.97 Å². The number of hydrogen-bond donors (Lipinski definition) is 2. The molecule has 26 heavy (non-hydrogen) atoms. The number of nitrogens with one attached hydrogen (secondary N) is 2. The molecule has 0 unspecified atom stereocenters. The molecule has 1 aliphatic rings. The predicted octanol–water partition coefficient (Wildman–Crippen LogP) is 4.62. The van der Waals surface area contributed by atoms with Gasteiger partial charge in [0.25, 0.3) is 0 Å². The minimum Gasteiger partial charge on any atom is -0.454 e. The van der Waals surface area contributed by atoms with Gasteiger partial charge < -0.3 is 20.1 Å². The van der Waals surface area contributed by atoms with Crippen LogP contribution in [0.2, 0.25) is 0 Å². The van der Waals surface area contributed by atoms with E-state index in [-0.39, 0.29) is 6.79 Å². The molecule has 0 saturated carbocycles. The lowest BCUT2D eigenvalue weighted by Gasteiger charge is -2.14. The van der Waals surface area contributed by atoms with E-state index in [0.717, 1.165) is 28.6 Å². The fraction of sp³-hybridized carbons (Fsp3) is 0.200. The quantitative estimate of drug-likeness (QED) is 0.717. The van der Waals surface area contributed by atoms with Crippen LogP contribution in [-0.4, -0.2) is 16.8 Å². The number of nitrogens with zero attached hydrogens (tertiary/aromatic N) is 2. The van der Waals surface area contributed by atoms with Crippen molar-refractivity contribution < 1.29 is 9.47 Å². The van der Waals surface area contributed by atoms with E-state index in [1.807, 2.05) is 18.2 Å². The lowest BCUT2D eigenvalue weighted by atomic mass is 10.1. The molecule has 1 aliphatic heterocycles. The molecule has 0 saturated heterocycles. The molecule has 0 radical (unpaired) electrons. The Bertz CT molecular complexity index is 932. The highest BCUT2D eigenvalue weighted by atomic mass is 16.7. The highest BCUT2D eigenvalue weighted by Crippen LogP contribution is 2.34. The van der Waals surface area contributed by atoms with Crippen molar-refractivity contribution in [1.82, 2.24) is 9.97 Å². The zero-order valence-electron chi connectivity index (χ0n) is 15.0. The number of aromatic nitrogens is 2. The van der Waals surface area contributed by atoms with E-state index in [1.165, 1.54) is 16.7 Å². The van der Waals surface area contributed by atoms with Crippen LogP contribution in [0, 0.1) is 20.8 Å². The summed E-state index contributed by atoms with van der Waals surface area (Å²) in [5.74, 6) is 1.99. The van der Waals surface area contributed by atoms with Crippen LogP contribution in [0.5, 0.6) is 11.5 Å². The average Bonchev–Trinajstić information content (AvgIpc) is 3.07. The van der Waals surface area contributed by atoms with Crippen LogP contribution < -0.4 is 20.1 Å². The SMILES string of the molecule is Cc1cc(C)c(Nc2cnc(Nc3ccc4c(c3)OCO4)nc2)c(C)c1. The summed E-state index contributed by atoms with van der Waals surface area (Å²) in [4.78, 5) is 8.77. The van der Waals surface area contributed by atoms with E-state index in [9.17, 15) is 0 Å². The van der Waals surface area contributed by atoms with Gasteiger partial charge in [0.15, 0.2) is 11.5 Å². The van der Waals surface area contributed by atoms with Crippen molar-refractivity contribution in [3.63, 3.8) is 0 Å². The van der Waals surface area contributed by atoms with Crippen molar-refractivity contribution >= 4 is 23.0 Å². The molecule has 6 heteroatoms. The van der Waals surface area contributed by atoms with E-state index in [2.05, 4.69) is 53.5 Å². The third kappa shape index (κ3) is 3.26. The van der Waals surface area contributed by atoms with E-state index >= 15 is 0 Å². The van der Waals surface area contributed by atoms with Gasteiger partial charge in [-0.3, -0.25) is 0 Å². The van der Waals surface area contributed by atoms with Crippen molar-refractivity contribution in [3.05, 3.63) is 59.4 Å². The van der Waals surface area contributed by atoms with Crippen LogP contribution in [0.3, 0.4) is 0 Å². The van der Waals surface area contributed by atoms with Gasteiger partial charge in [0.1, 0.15) is 0 Å². The van der Waals surface area contributed by atoms with Crippen molar-refractivity contribution in [2.24, 2.45) is 0 Å². The largest absolute Gasteiger partial charge is 0.454 e. The number of benzene rings is 2. The number of anilines is 4. The van der Waals surface area contributed by atoms with Crippen LogP contribution in [0.1, 0.15) is 16.7 Å². The second-order valence-electron chi connectivity index (χ2n) is 6.39. The van der Waals surface area contributed by atoms with E-state index < -0.39 is 0 Å². The number of fused-ring (bicyclic) bond motifs is 1. The normalized spacial score (nSPS) is 12.1. The molecule has 1 aromatic heterocycles. The molecule has 132 valence electrons. The fourth-order valence-electron chi connectivity index (χ4n) is 3.08. The monoisotopic (exact) mass is 348 g/mol. The Morgan fingerprint density at radius 2 is 1.50 bits per heavy atom. The summed E-state index contributed by atoms with van der Waals surface area (Å²) < 4.78 is 10.7. The average molecular weight is 348 g/mol. The Kier molecular flexibility index (Phi) is 4.08. The van der Waals surface area contributed by atoms with Crippen molar-refractivity contribution in [2.45, 2.75) is 20.8 Å². The van der Waals surface area contributed by atoms with Crippen LogP contribution in [0.25, 0.3) is 0 Å². The second-order valence-corrected chi connectivity index (χ2v) is 6.39. The molecule has 0 bridgehead atoms. The molecule has 3 aromatic rings. The molecule has 2 N–H and O–H groups in total. The van der Waals surface area contributed by atoms with Gasteiger partial charge in [0.05, 0.1) is 18.1 Å². The van der Waals surface area contributed by atoms with Crippen LogP contribution in [0.4, 0.5) is 23.0 Å². The highest BCUT2D eigenvalue weighted by Gasteiger charge is 2.13. The first-order valence-electron chi connectivity index (χ1n) is 8.42. The van der Waals surface area contributed by atoms with Gasteiger partial charge in [0, 0.05) is 17.4 Å². The number of aryl methyl sites for hydroxylation is 3. The van der Waals surface area contributed by atoms with Gasteiger partial charge in [-0.05, 0) is 44.0 Å². The van der Waals surface area contributed by atoms with Crippen molar-refractivity contribution in [2.75, 3.05) is 17.4 Å². The molecule has 0 aliphatic carbocycles. The highest BCUT2D eigenvalue weighted by molar-refractivity contribution is 5.67. The third-order valence-electron chi connectivity index (χ3n) is 4.23. The van der Waals surface area contributed by atoms with Crippen LogP contribution >= 0.6 is 0 Å². The maximum atomic E-state index is 5.38. The first kappa shape index (κ1) is 16.2. The van der Waals surface area contributed by atoms with Gasteiger partial charge in [-0.15, -0.1) is 0 Å². The first-order valence-corrected chi connectivity index (χ1v) is 8.42. The second kappa shape index (κ2) is 6.55. The molecular formula is C20H20N4O2. The Morgan fingerprint density at radius 1 is 0.808 bits per heavy atom. The summed E-state index contributed by atoms with van der Waals surface area (Å²) in [5, 5.41) is 6.57. The van der Waals surface area contributed by atoms with E-state index in [4.69, 9.17) is 9.47 Å². The predicted molar refractivity (Wildman–Crippen MR) is 102 cm³/mol. The zero-order chi connectivity index (χ0) is 18.1. The fourth-order valence-corrected chi connectivity index (χ4v) is 3.08. The molecule has 6 nitrogen and oxygen atoms in total. The third-order valence-corrected chi connectivity index (χ3v) is 4.23. The summed E-state index contributed by atoms with van der Waals surface area (Å²) in [7, 11) is 0.